The fourth-order valence-electron chi connectivity index (χ4n) is 2.66. The molecule has 1 aromatic heterocycles. The average molecular weight is 402 g/mol. The van der Waals surface area contributed by atoms with E-state index >= 15 is 0 Å². The Balaban J connectivity index is 1.80. The number of Topliss-reactive ketones (excluding diaryl/α,β-unsaturated/α-hetero) is 1. The molecule has 0 amide bonds. The fourth-order valence-corrected chi connectivity index (χ4v) is 3.78. The van der Waals surface area contributed by atoms with Crippen molar-refractivity contribution in [2.75, 3.05) is 7.11 Å². The number of aromatic nitrogens is 3. The smallest absolute Gasteiger partial charge is 0.191 e. The van der Waals surface area contributed by atoms with Crippen LogP contribution in [0.2, 0.25) is 5.02 Å². The molecule has 0 saturated heterocycles. The average Bonchev–Trinajstić information content (AvgIpc) is 3.06. The van der Waals surface area contributed by atoms with Crippen LogP contribution in [-0.4, -0.2) is 32.9 Å². The minimum atomic E-state index is -0.237. The second-order valence-electron chi connectivity index (χ2n) is 5.98. The molecule has 0 aliphatic heterocycles. The van der Waals surface area contributed by atoms with Crippen LogP contribution in [0, 0.1) is 0 Å². The molecule has 27 heavy (non-hydrogen) atoms. The molecule has 2 aromatic carbocycles. The molecule has 5 nitrogen and oxygen atoms in total. The molecule has 0 aliphatic carbocycles. The SMILES string of the molecule is CCC(Sc1nnc(-c2ccc(Cl)cc2)n1C)C(=O)c1ccc(OC)cc1. The normalized spacial score (nSPS) is 12.0. The molecule has 1 unspecified atom stereocenters. The third kappa shape index (κ3) is 4.34. The highest BCUT2D eigenvalue weighted by atomic mass is 35.5. The van der Waals surface area contributed by atoms with E-state index in [9.17, 15) is 4.79 Å². The van der Waals surface area contributed by atoms with Gasteiger partial charge in [0, 0.05) is 23.2 Å². The number of thioether (sulfide) groups is 1. The molecule has 0 spiro atoms. The molecule has 0 radical (unpaired) electrons. The minimum Gasteiger partial charge on any atom is -0.497 e. The Morgan fingerprint density at radius 1 is 1.15 bits per heavy atom. The Hall–Kier alpha value is -2.31. The lowest BCUT2D eigenvalue weighted by Gasteiger charge is -2.13. The third-order valence-electron chi connectivity index (χ3n) is 4.22. The molecule has 0 bridgehead atoms. The van der Waals surface area contributed by atoms with Crippen LogP contribution in [0.1, 0.15) is 23.7 Å². The predicted molar refractivity (Wildman–Crippen MR) is 109 cm³/mol. The third-order valence-corrected chi connectivity index (χ3v) is 5.87. The maximum atomic E-state index is 12.9. The zero-order chi connectivity index (χ0) is 19.4. The van der Waals surface area contributed by atoms with Crippen LogP contribution in [-0.2, 0) is 7.05 Å². The Kier molecular flexibility index (Phi) is 6.19. The van der Waals surface area contributed by atoms with Gasteiger partial charge >= 0.3 is 0 Å². The molecular weight excluding hydrogens is 382 g/mol. The van der Waals surface area contributed by atoms with Gasteiger partial charge in [-0.3, -0.25) is 4.79 Å². The zero-order valence-electron chi connectivity index (χ0n) is 15.3. The summed E-state index contributed by atoms with van der Waals surface area (Å²) in [7, 11) is 3.50. The van der Waals surface area contributed by atoms with Gasteiger partial charge in [0.05, 0.1) is 12.4 Å². The van der Waals surface area contributed by atoms with Crippen molar-refractivity contribution in [2.45, 2.75) is 23.8 Å². The second kappa shape index (κ2) is 8.59. The van der Waals surface area contributed by atoms with E-state index in [1.807, 2.05) is 42.8 Å². The number of rotatable bonds is 7. The summed E-state index contributed by atoms with van der Waals surface area (Å²) in [5, 5.41) is 9.69. The van der Waals surface area contributed by atoms with Crippen molar-refractivity contribution in [3.05, 3.63) is 59.1 Å². The first-order valence-electron chi connectivity index (χ1n) is 8.53. The van der Waals surface area contributed by atoms with Crippen molar-refractivity contribution in [3.8, 4) is 17.1 Å². The number of nitrogens with zero attached hydrogens (tertiary/aromatic N) is 3. The number of halogens is 1. The number of hydrogen-bond donors (Lipinski definition) is 0. The molecule has 1 atom stereocenters. The summed E-state index contributed by atoms with van der Waals surface area (Å²) >= 11 is 7.38. The summed E-state index contributed by atoms with van der Waals surface area (Å²) < 4.78 is 7.05. The Morgan fingerprint density at radius 3 is 2.41 bits per heavy atom. The van der Waals surface area contributed by atoms with Gasteiger partial charge in [-0.05, 0) is 55.0 Å². The molecule has 7 heteroatoms. The summed E-state index contributed by atoms with van der Waals surface area (Å²) in [5.41, 5.74) is 1.59. The summed E-state index contributed by atoms with van der Waals surface area (Å²) in [6.07, 6.45) is 0.693. The van der Waals surface area contributed by atoms with Crippen molar-refractivity contribution in [3.63, 3.8) is 0 Å². The van der Waals surface area contributed by atoms with Gasteiger partial charge in [-0.2, -0.15) is 0 Å². The molecule has 1 heterocycles. The minimum absolute atomic E-state index is 0.0706. The van der Waals surface area contributed by atoms with Gasteiger partial charge < -0.3 is 9.30 Å². The van der Waals surface area contributed by atoms with Crippen molar-refractivity contribution < 1.29 is 9.53 Å². The van der Waals surface area contributed by atoms with Crippen molar-refractivity contribution in [2.24, 2.45) is 7.05 Å². The van der Waals surface area contributed by atoms with Gasteiger partial charge in [0.2, 0.25) is 0 Å². The van der Waals surface area contributed by atoms with E-state index in [-0.39, 0.29) is 11.0 Å². The number of hydrogen-bond acceptors (Lipinski definition) is 5. The van der Waals surface area contributed by atoms with Crippen LogP contribution in [0.4, 0.5) is 0 Å². The van der Waals surface area contributed by atoms with E-state index < -0.39 is 0 Å². The maximum absolute atomic E-state index is 12.9. The molecule has 0 saturated carbocycles. The molecule has 3 aromatic rings. The summed E-state index contributed by atoms with van der Waals surface area (Å²) in [6, 6.07) is 14.6. The van der Waals surface area contributed by atoms with Gasteiger partial charge in [0.15, 0.2) is 16.8 Å². The van der Waals surface area contributed by atoms with Crippen molar-refractivity contribution in [1.82, 2.24) is 14.8 Å². The molecular formula is C20H20ClN3O2S. The number of carbonyl (C=O) groups is 1. The van der Waals surface area contributed by atoms with Crippen LogP contribution in [0.3, 0.4) is 0 Å². The van der Waals surface area contributed by atoms with Crippen LogP contribution >= 0.6 is 23.4 Å². The van der Waals surface area contributed by atoms with E-state index in [1.54, 1.807) is 31.4 Å². The zero-order valence-corrected chi connectivity index (χ0v) is 16.9. The van der Waals surface area contributed by atoms with E-state index in [1.165, 1.54) is 11.8 Å². The largest absolute Gasteiger partial charge is 0.497 e. The Morgan fingerprint density at radius 2 is 1.81 bits per heavy atom. The van der Waals surface area contributed by atoms with Gasteiger partial charge in [0.1, 0.15) is 5.75 Å². The lowest BCUT2D eigenvalue weighted by Crippen LogP contribution is -2.17. The maximum Gasteiger partial charge on any atom is 0.191 e. The van der Waals surface area contributed by atoms with Gasteiger partial charge in [-0.1, -0.05) is 30.3 Å². The molecule has 3 rings (SSSR count). The first kappa shape index (κ1) is 19.5. The standard InChI is InChI=1S/C20H20ClN3O2S/c1-4-17(18(25)13-7-11-16(26-3)12-8-13)27-20-23-22-19(24(20)2)14-5-9-15(21)10-6-14/h5-12,17H,4H2,1-3H3. The lowest BCUT2D eigenvalue weighted by atomic mass is 10.1. The summed E-state index contributed by atoms with van der Waals surface area (Å²) in [4.78, 5) is 12.9. The molecule has 140 valence electrons. The monoisotopic (exact) mass is 401 g/mol. The van der Waals surface area contributed by atoms with Gasteiger partial charge in [-0.25, -0.2) is 0 Å². The van der Waals surface area contributed by atoms with E-state index in [2.05, 4.69) is 10.2 Å². The van der Waals surface area contributed by atoms with Crippen molar-refractivity contribution in [1.29, 1.82) is 0 Å². The van der Waals surface area contributed by atoms with Crippen LogP contribution < -0.4 is 4.74 Å². The summed E-state index contributed by atoms with van der Waals surface area (Å²) in [6.45, 7) is 2.00. The highest BCUT2D eigenvalue weighted by Gasteiger charge is 2.23. The quantitative estimate of drug-likeness (QED) is 0.416. The summed E-state index contributed by atoms with van der Waals surface area (Å²) in [5.74, 6) is 1.54. The molecule has 0 fully saturated rings. The first-order valence-corrected chi connectivity index (χ1v) is 9.79. The highest BCUT2D eigenvalue weighted by molar-refractivity contribution is 8.00. The Labute approximate surface area is 167 Å². The van der Waals surface area contributed by atoms with Crippen molar-refractivity contribution >= 4 is 29.1 Å². The highest BCUT2D eigenvalue weighted by Crippen LogP contribution is 2.29. The van der Waals surface area contributed by atoms with E-state index in [0.717, 1.165) is 17.1 Å². The van der Waals surface area contributed by atoms with E-state index in [4.69, 9.17) is 16.3 Å². The van der Waals surface area contributed by atoms with Crippen LogP contribution in [0.25, 0.3) is 11.4 Å². The number of ether oxygens (including phenoxy) is 1. The van der Waals surface area contributed by atoms with Crippen LogP contribution in [0.5, 0.6) is 5.75 Å². The second-order valence-corrected chi connectivity index (χ2v) is 7.59. The number of benzene rings is 2. The lowest BCUT2D eigenvalue weighted by molar-refractivity contribution is 0.0988. The molecule has 0 aliphatic rings. The topological polar surface area (TPSA) is 57.0 Å². The number of methoxy groups -OCH3 is 1. The number of carbonyl (C=O) groups excluding carboxylic acids is 1. The first-order chi connectivity index (χ1) is 13.0. The van der Waals surface area contributed by atoms with Crippen LogP contribution in [0.15, 0.2) is 53.7 Å². The molecule has 0 N–H and O–H groups in total. The van der Waals surface area contributed by atoms with Gasteiger partial charge in [-0.15, -0.1) is 10.2 Å². The predicted octanol–water partition coefficient (Wildman–Crippen LogP) is 4.90. The number of ketones is 1. The fraction of sp³-hybridized carbons (Fsp3) is 0.250. The Bertz CT molecular complexity index is 923. The van der Waals surface area contributed by atoms with E-state index in [0.29, 0.717) is 22.2 Å². The van der Waals surface area contributed by atoms with Gasteiger partial charge in [0.25, 0.3) is 0 Å².